The van der Waals surface area contributed by atoms with Crippen LogP contribution in [0.2, 0.25) is 0 Å². The Balaban J connectivity index is 1.07. The molecular weight excluding hydrogens is 468 g/mol. The van der Waals surface area contributed by atoms with Gasteiger partial charge in [0.2, 0.25) is 0 Å². The third-order valence-corrected chi connectivity index (χ3v) is 5.99. The molecular formula is C23H22N8O5. The summed E-state index contributed by atoms with van der Waals surface area (Å²) in [4.78, 5) is 16.4. The molecule has 0 radical (unpaired) electrons. The number of hydrogen-bond acceptors (Lipinski definition) is 10. The van der Waals surface area contributed by atoms with Gasteiger partial charge >= 0.3 is 6.01 Å². The van der Waals surface area contributed by atoms with Crippen molar-refractivity contribution >= 4 is 5.91 Å². The summed E-state index contributed by atoms with van der Waals surface area (Å²) in [6.07, 6.45) is 2.40. The van der Waals surface area contributed by atoms with Crippen LogP contribution >= 0.6 is 0 Å². The molecule has 2 fully saturated rings. The molecule has 1 N–H and O–H groups in total. The highest BCUT2D eigenvalue weighted by Gasteiger charge is 2.50. The minimum atomic E-state index is -0.342. The Morgan fingerprint density at radius 1 is 1.03 bits per heavy atom. The lowest BCUT2D eigenvalue weighted by Gasteiger charge is -2.18. The van der Waals surface area contributed by atoms with Crippen molar-refractivity contribution in [3.63, 3.8) is 0 Å². The number of benzene rings is 2. The SMILES string of the molecule is O=C(COc1ccccc1)N[C@H]1CO[C@H]2[C@@H]1OC[C@@H]2n1nnnc1Oc1ccc(-n2cncn2)cc1. The number of fused-ring (bicyclic) bond motifs is 1. The van der Waals surface area contributed by atoms with Gasteiger partial charge < -0.3 is 24.3 Å². The molecule has 1 amide bonds. The molecule has 0 spiro atoms. The third-order valence-electron chi connectivity index (χ3n) is 5.99. The fourth-order valence-electron chi connectivity index (χ4n) is 4.30. The van der Waals surface area contributed by atoms with Crippen LogP contribution in [0, 0.1) is 0 Å². The highest BCUT2D eigenvalue weighted by molar-refractivity contribution is 5.78. The molecule has 184 valence electrons. The van der Waals surface area contributed by atoms with Gasteiger partial charge in [0.05, 0.1) is 24.9 Å². The second kappa shape index (κ2) is 9.71. The number of nitrogens with zero attached hydrogens (tertiary/aromatic N) is 7. The highest BCUT2D eigenvalue weighted by atomic mass is 16.6. The molecule has 0 bridgehead atoms. The smallest absolute Gasteiger partial charge is 0.341 e. The van der Waals surface area contributed by atoms with Crippen molar-refractivity contribution in [2.24, 2.45) is 0 Å². The van der Waals surface area contributed by atoms with Crippen molar-refractivity contribution in [1.82, 2.24) is 40.3 Å². The molecule has 13 heteroatoms. The predicted molar refractivity (Wildman–Crippen MR) is 122 cm³/mol. The average Bonchev–Trinajstić information content (AvgIpc) is 3.71. The number of amides is 1. The number of para-hydroxylation sites is 1. The Labute approximate surface area is 204 Å². The Bertz CT molecular complexity index is 1300. The van der Waals surface area contributed by atoms with Gasteiger partial charge in [0.25, 0.3) is 5.91 Å². The van der Waals surface area contributed by atoms with Crippen molar-refractivity contribution in [3.8, 4) is 23.2 Å². The van der Waals surface area contributed by atoms with E-state index in [4.69, 9.17) is 18.9 Å². The Morgan fingerprint density at radius 3 is 2.67 bits per heavy atom. The van der Waals surface area contributed by atoms with Crippen LogP contribution < -0.4 is 14.8 Å². The first-order chi connectivity index (χ1) is 17.7. The van der Waals surface area contributed by atoms with E-state index in [2.05, 4.69) is 30.9 Å². The van der Waals surface area contributed by atoms with Crippen molar-refractivity contribution in [3.05, 3.63) is 67.3 Å². The van der Waals surface area contributed by atoms with Crippen molar-refractivity contribution < 1.29 is 23.7 Å². The maximum Gasteiger partial charge on any atom is 0.341 e. The summed E-state index contributed by atoms with van der Waals surface area (Å²) in [5, 5.41) is 18.9. The number of hydrogen-bond donors (Lipinski definition) is 1. The van der Waals surface area contributed by atoms with E-state index in [1.54, 1.807) is 40.0 Å². The maximum atomic E-state index is 12.4. The Morgan fingerprint density at radius 2 is 1.86 bits per heavy atom. The topological polar surface area (TPSA) is 140 Å². The molecule has 0 saturated carbocycles. The first-order valence-electron chi connectivity index (χ1n) is 11.4. The number of aromatic nitrogens is 7. The van der Waals surface area contributed by atoms with E-state index in [0.717, 1.165) is 5.69 Å². The quantitative estimate of drug-likeness (QED) is 0.379. The number of carbonyl (C=O) groups is 1. The molecule has 4 heterocycles. The normalized spacial score (nSPS) is 22.8. The van der Waals surface area contributed by atoms with Crippen LogP contribution in [-0.4, -0.2) is 78.9 Å². The monoisotopic (exact) mass is 490 g/mol. The molecule has 0 aliphatic carbocycles. The number of tetrazole rings is 1. The molecule has 4 atom stereocenters. The molecule has 6 rings (SSSR count). The van der Waals surface area contributed by atoms with Gasteiger partial charge in [0, 0.05) is 0 Å². The van der Waals surface area contributed by atoms with Gasteiger partial charge in [0.15, 0.2) is 6.61 Å². The van der Waals surface area contributed by atoms with Gasteiger partial charge in [0.1, 0.15) is 42.4 Å². The van der Waals surface area contributed by atoms with E-state index in [-0.39, 0.29) is 42.8 Å². The standard InChI is InChI=1S/C23H22N8O5/c32-20(12-33-16-4-2-1-3-5-16)26-18-10-34-22-19(11-35-21(18)22)31-23(27-28-29-31)36-17-8-6-15(7-9-17)30-14-24-13-25-30/h1-9,13-14,18-19,21-22H,10-12H2,(H,26,32)/t18-,19-,21+,22+/m0/s1. The van der Waals surface area contributed by atoms with Gasteiger partial charge in [-0.2, -0.15) is 9.78 Å². The summed E-state index contributed by atoms with van der Waals surface area (Å²) in [6.45, 7) is 0.530. The lowest BCUT2D eigenvalue weighted by Crippen LogP contribution is -2.45. The molecule has 4 aromatic rings. The summed E-state index contributed by atoms with van der Waals surface area (Å²) in [7, 11) is 0. The van der Waals surface area contributed by atoms with E-state index in [1.165, 1.54) is 6.33 Å². The van der Waals surface area contributed by atoms with Crippen molar-refractivity contribution in [1.29, 1.82) is 0 Å². The zero-order chi connectivity index (χ0) is 24.3. The predicted octanol–water partition coefficient (Wildman–Crippen LogP) is 0.949. The first-order valence-corrected chi connectivity index (χ1v) is 11.4. The van der Waals surface area contributed by atoms with Crippen LogP contribution in [0.3, 0.4) is 0 Å². The van der Waals surface area contributed by atoms with Gasteiger partial charge in [-0.05, 0) is 46.8 Å². The largest absolute Gasteiger partial charge is 0.484 e. The average molecular weight is 490 g/mol. The summed E-state index contributed by atoms with van der Waals surface area (Å²) in [5.74, 6) is 0.937. The second-order valence-corrected chi connectivity index (χ2v) is 8.28. The maximum absolute atomic E-state index is 12.4. The van der Waals surface area contributed by atoms with Crippen LogP contribution in [0.5, 0.6) is 17.5 Å². The summed E-state index contributed by atoms with van der Waals surface area (Å²) >= 11 is 0. The lowest BCUT2D eigenvalue weighted by atomic mass is 10.1. The first kappa shape index (κ1) is 22.1. The fourth-order valence-corrected chi connectivity index (χ4v) is 4.30. The zero-order valence-corrected chi connectivity index (χ0v) is 19.0. The van der Waals surface area contributed by atoms with Crippen LogP contribution in [-0.2, 0) is 14.3 Å². The van der Waals surface area contributed by atoms with Gasteiger partial charge in [-0.1, -0.05) is 23.3 Å². The number of ether oxygens (including phenoxy) is 4. The summed E-state index contributed by atoms with van der Waals surface area (Å²) < 4.78 is 26.6. The van der Waals surface area contributed by atoms with Crippen molar-refractivity contribution in [2.45, 2.75) is 24.3 Å². The summed E-state index contributed by atoms with van der Waals surface area (Å²) in [6, 6.07) is 16.0. The number of carbonyl (C=O) groups excluding carboxylic acids is 1. The van der Waals surface area contributed by atoms with Crippen LogP contribution in [0.25, 0.3) is 5.69 Å². The van der Waals surface area contributed by atoms with Crippen LogP contribution in [0.1, 0.15) is 6.04 Å². The van der Waals surface area contributed by atoms with Crippen molar-refractivity contribution in [2.75, 3.05) is 19.8 Å². The lowest BCUT2D eigenvalue weighted by molar-refractivity contribution is -0.124. The van der Waals surface area contributed by atoms with E-state index in [1.807, 2.05) is 30.3 Å². The fraction of sp³-hybridized carbons (Fsp3) is 0.304. The minimum Gasteiger partial charge on any atom is -0.484 e. The molecule has 2 aromatic heterocycles. The number of nitrogens with one attached hydrogen (secondary N) is 1. The molecule has 13 nitrogen and oxygen atoms in total. The molecule has 2 aromatic carbocycles. The van der Waals surface area contributed by atoms with E-state index in [9.17, 15) is 4.79 Å². The summed E-state index contributed by atoms with van der Waals surface area (Å²) in [5.41, 5.74) is 0.841. The molecule has 0 unspecified atom stereocenters. The van der Waals surface area contributed by atoms with E-state index < -0.39 is 0 Å². The van der Waals surface area contributed by atoms with Gasteiger partial charge in [-0.15, -0.1) is 0 Å². The molecule has 36 heavy (non-hydrogen) atoms. The minimum absolute atomic E-state index is 0.0952. The third kappa shape index (κ3) is 4.48. The molecule has 2 saturated heterocycles. The van der Waals surface area contributed by atoms with E-state index >= 15 is 0 Å². The van der Waals surface area contributed by atoms with E-state index in [0.29, 0.717) is 24.7 Å². The van der Waals surface area contributed by atoms with Crippen LogP contribution in [0.4, 0.5) is 0 Å². The van der Waals surface area contributed by atoms with Crippen LogP contribution in [0.15, 0.2) is 67.3 Å². The number of rotatable bonds is 8. The molecule has 2 aliphatic heterocycles. The second-order valence-electron chi connectivity index (χ2n) is 8.28. The Hall–Kier alpha value is -4.36. The van der Waals surface area contributed by atoms with Gasteiger partial charge in [-0.3, -0.25) is 4.79 Å². The van der Waals surface area contributed by atoms with Gasteiger partial charge in [-0.25, -0.2) is 9.67 Å². The Kier molecular flexibility index (Phi) is 5.97. The highest BCUT2D eigenvalue weighted by Crippen LogP contribution is 2.36. The molecule has 2 aliphatic rings. The zero-order valence-electron chi connectivity index (χ0n) is 19.0.